The fourth-order valence-electron chi connectivity index (χ4n) is 2.17. The van der Waals surface area contributed by atoms with Gasteiger partial charge in [-0.15, -0.1) is 0 Å². The van der Waals surface area contributed by atoms with Gasteiger partial charge in [0.25, 0.3) is 11.6 Å². The molecular formula is C13H15ClN2O3S. The van der Waals surface area contributed by atoms with Gasteiger partial charge in [0.05, 0.1) is 15.5 Å². The zero-order valence-electron chi connectivity index (χ0n) is 11.2. The molecule has 0 bridgehead atoms. The summed E-state index contributed by atoms with van der Waals surface area (Å²) in [5.74, 6) is 0.627. The molecule has 20 heavy (non-hydrogen) atoms. The van der Waals surface area contributed by atoms with Crippen LogP contribution in [0.2, 0.25) is 5.02 Å². The minimum Gasteiger partial charge on any atom is -0.334 e. The van der Waals surface area contributed by atoms with Gasteiger partial charge in [-0.25, -0.2) is 0 Å². The largest absolute Gasteiger partial charge is 0.334 e. The number of halogens is 1. The van der Waals surface area contributed by atoms with Crippen molar-refractivity contribution in [2.75, 3.05) is 12.3 Å². The Hall–Kier alpha value is -1.27. The smallest absolute Gasteiger partial charge is 0.270 e. The quantitative estimate of drug-likeness (QED) is 0.621. The Morgan fingerprint density at radius 3 is 2.85 bits per heavy atom. The van der Waals surface area contributed by atoms with E-state index in [4.69, 9.17) is 11.6 Å². The molecule has 2 rings (SSSR count). The van der Waals surface area contributed by atoms with E-state index in [2.05, 4.69) is 6.92 Å². The van der Waals surface area contributed by atoms with Crippen LogP contribution in [0.5, 0.6) is 0 Å². The summed E-state index contributed by atoms with van der Waals surface area (Å²) in [7, 11) is 0. The van der Waals surface area contributed by atoms with E-state index < -0.39 is 4.92 Å². The molecule has 0 spiro atoms. The molecule has 5 nitrogen and oxygen atoms in total. The molecule has 0 radical (unpaired) electrons. The lowest BCUT2D eigenvalue weighted by Gasteiger charge is -2.37. The van der Waals surface area contributed by atoms with Gasteiger partial charge in [0, 0.05) is 35.7 Å². The highest BCUT2D eigenvalue weighted by Crippen LogP contribution is 2.29. The molecule has 0 aromatic heterocycles. The molecule has 1 aromatic rings. The van der Waals surface area contributed by atoms with E-state index in [-0.39, 0.29) is 28.2 Å². The van der Waals surface area contributed by atoms with Gasteiger partial charge >= 0.3 is 0 Å². The second kappa shape index (κ2) is 6.01. The van der Waals surface area contributed by atoms with Crippen LogP contribution in [0.15, 0.2) is 18.2 Å². The Morgan fingerprint density at radius 1 is 1.50 bits per heavy atom. The number of hydrogen-bond donors (Lipinski definition) is 0. The van der Waals surface area contributed by atoms with Crippen LogP contribution in [0, 0.1) is 10.1 Å². The lowest BCUT2D eigenvalue weighted by Crippen LogP contribution is -2.48. The van der Waals surface area contributed by atoms with Crippen LogP contribution in [0.4, 0.5) is 5.69 Å². The van der Waals surface area contributed by atoms with Gasteiger partial charge in [0.1, 0.15) is 0 Å². The highest BCUT2D eigenvalue weighted by Gasteiger charge is 2.31. The van der Waals surface area contributed by atoms with E-state index in [1.54, 1.807) is 4.90 Å². The maximum atomic E-state index is 12.6. The molecule has 1 amide bonds. The first-order valence-electron chi connectivity index (χ1n) is 6.28. The van der Waals surface area contributed by atoms with Gasteiger partial charge < -0.3 is 4.90 Å². The van der Waals surface area contributed by atoms with Gasteiger partial charge in [0.2, 0.25) is 0 Å². The van der Waals surface area contributed by atoms with Crippen LogP contribution in [0.3, 0.4) is 0 Å². The molecule has 0 aliphatic carbocycles. The van der Waals surface area contributed by atoms with Gasteiger partial charge in [-0.3, -0.25) is 14.9 Å². The van der Waals surface area contributed by atoms with Crippen molar-refractivity contribution in [3.8, 4) is 0 Å². The van der Waals surface area contributed by atoms with Crippen LogP contribution in [0.1, 0.15) is 24.2 Å². The fourth-order valence-corrected chi connectivity index (χ4v) is 3.46. The van der Waals surface area contributed by atoms with E-state index in [1.165, 1.54) is 18.2 Å². The zero-order chi connectivity index (χ0) is 14.9. The number of amides is 1. The van der Waals surface area contributed by atoms with Crippen molar-refractivity contribution in [2.45, 2.75) is 25.1 Å². The summed E-state index contributed by atoms with van der Waals surface area (Å²) < 4.78 is 0. The number of benzene rings is 1. The lowest BCUT2D eigenvalue weighted by atomic mass is 10.1. The minimum absolute atomic E-state index is 0.0802. The monoisotopic (exact) mass is 314 g/mol. The van der Waals surface area contributed by atoms with Gasteiger partial charge in [0.15, 0.2) is 0 Å². The topological polar surface area (TPSA) is 63.5 Å². The number of thioether (sulfide) groups is 1. The van der Waals surface area contributed by atoms with Crippen LogP contribution < -0.4 is 0 Å². The maximum Gasteiger partial charge on any atom is 0.270 e. The molecule has 2 unspecified atom stereocenters. The van der Waals surface area contributed by atoms with Crippen LogP contribution in [-0.4, -0.2) is 39.3 Å². The Bertz CT molecular complexity index is 552. The number of rotatable bonds is 2. The number of non-ortho nitro benzene ring substituents is 1. The van der Waals surface area contributed by atoms with E-state index in [1.807, 2.05) is 18.7 Å². The Kier molecular flexibility index (Phi) is 4.55. The van der Waals surface area contributed by atoms with Gasteiger partial charge in [-0.2, -0.15) is 11.8 Å². The average Bonchev–Trinajstić information content (AvgIpc) is 2.41. The van der Waals surface area contributed by atoms with Crippen molar-refractivity contribution >= 4 is 35.0 Å². The van der Waals surface area contributed by atoms with Crippen molar-refractivity contribution in [2.24, 2.45) is 0 Å². The Morgan fingerprint density at radius 2 is 2.20 bits per heavy atom. The molecule has 0 N–H and O–H groups in total. The summed E-state index contributed by atoms with van der Waals surface area (Å²) in [4.78, 5) is 24.6. The number of carbonyl (C=O) groups is 1. The fraction of sp³-hybridized carbons (Fsp3) is 0.462. The Labute approximate surface area is 126 Å². The number of hydrogen-bond acceptors (Lipinski definition) is 4. The molecule has 1 saturated heterocycles. The number of carbonyl (C=O) groups excluding carboxylic acids is 1. The molecule has 1 aliphatic rings. The summed E-state index contributed by atoms with van der Waals surface area (Å²) in [6, 6.07) is 4.04. The first kappa shape index (κ1) is 15.1. The third-order valence-corrected chi connectivity index (χ3v) is 5.20. The summed E-state index contributed by atoms with van der Waals surface area (Å²) in [6.07, 6.45) is 0. The first-order valence-corrected chi connectivity index (χ1v) is 7.71. The molecule has 7 heteroatoms. The van der Waals surface area contributed by atoms with Gasteiger partial charge in [-0.1, -0.05) is 18.5 Å². The SMILES string of the molecule is CC1SCCN(C(=O)c2cc([N+](=O)[O-])ccc2Cl)C1C. The van der Waals surface area contributed by atoms with Crippen LogP contribution >= 0.6 is 23.4 Å². The van der Waals surface area contributed by atoms with Crippen molar-refractivity contribution in [1.29, 1.82) is 0 Å². The third-order valence-electron chi connectivity index (χ3n) is 3.54. The van der Waals surface area contributed by atoms with Crippen LogP contribution in [0.25, 0.3) is 0 Å². The maximum absolute atomic E-state index is 12.6. The molecule has 0 saturated carbocycles. The number of nitro groups is 1. The summed E-state index contributed by atoms with van der Waals surface area (Å²) in [6.45, 7) is 4.69. The second-order valence-corrected chi connectivity index (χ2v) is 6.63. The predicted octanol–water partition coefficient (Wildman–Crippen LogP) is 3.21. The standard InChI is InChI=1S/C13H15ClN2O3S/c1-8-9(2)20-6-5-15(8)13(17)11-7-10(16(18)19)3-4-12(11)14/h3-4,7-9H,5-6H2,1-2H3. The minimum atomic E-state index is -0.523. The Balaban J connectivity index is 2.33. The third kappa shape index (κ3) is 2.91. The predicted molar refractivity (Wildman–Crippen MR) is 80.5 cm³/mol. The number of nitro benzene ring substituents is 1. The average molecular weight is 315 g/mol. The highest BCUT2D eigenvalue weighted by molar-refractivity contribution is 8.00. The van der Waals surface area contributed by atoms with E-state index in [9.17, 15) is 14.9 Å². The normalized spacial score (nSPS) is 22.6. The molecule has 108 valence electrons. The number of nitrogens with zero attached hydrogens (tertiary/aromatic N) is 2. The second-order valence-electron chi connectivity index (χ2n) is 4.74. The molecule has 2 atom stereocenters. The van der Waals surface area contributed by atoms with Gasteiger partial charge in [-0.05, 0) is 13.0 Å². The molecule has 1 fully saturated rings. The van der Waals surface area contributed by atoms with E-state index in [0.29, 0.717) is 11.8 Å². The van der Waals surface area contributed by atoms with Crippen molar-refractivity contribution in [3.63, 3.8) is 0 Å². The summed E-state index contributed by atoms with van der Waals surface area (Å²) in [5.41, 5.74) is 0.0802. The highest BCUT2D eigenvalue weighted by atomic mass is 35.5. The van der Waals surface area contributed by atoms with Crippen molar-refractivity contribution in [1.82, 2.24) is 4.90 Å². The summed E-state index contributed by atoms with van der Waals surface area (Å²) in [5, 5.41) is 11.4. The molecule has 1 heterocycles. The van der Waals surface area contributed by atoms with Crippen LogP contribution in [-0.2, 0) is 0 Å². The molecular weight excluding hydrogens is 300 g/mol. The molecule has 1 aliphatic heterocycles. The van der Waals surface area contributed by atoms with Crippen molar-refractivity contribution in [3.05, 3.63) is 38.9 Å². The zero-order valence-corrected chi connectivity index (χ0v) is 12.8. The summed E-state index contributed by atoms with van der Waals surface area (Å²) >= 11 is 7.84. The first-order chi connectivity index (χ1) is 9.41. The lowest BCUT2D eigenvalue weighted by molar-refractivity contribution is -0.384. The molecule has 1 aromatic carbocycles. The van der Waals surface area contributed by atoms with E-state index >= 15 is 0 Å². The van der Waals surface area contributed by atoms with E-state index in [0.717, 1.165) is 5.75 Å². The van der Waals surface area contributed by atoms with Crippen molar-refractivity contribution < 1.29 is 9.72 Å².